The maximum absolute atomic E-state index is 4.56. The first-order valence-electron chi connectivity index (χ1n) is 5.48. The minimum Gasteiger partial charge on any atom is -0.316 e. The molecule has 1 fully saturated rings. The maximum Gasteiger partial charge on any atom is 0.0631 e. The lowest BCUT2D eigenvalue weighted by molar-refractivity contribution is 0.631. The first-order valence-corrected chi connectivity index (χ1v) is 5.48. The standard InChI is InChI=1S/C11H19N3/c1-4-14-9(3)11(8(2)13-14)10-5-6-12-7-10/h10,12H,4-7H2,1-3H3. The molecule has 3 heteroatoms. The van der Waals surface area contributed by atoms with Crippen LogP contribution in [0.25, 0.3) is 0 Å². The number of hydrogen-bond donors (Lipinski definition) is 1. The number of nitrogens with zero attached hydrogens (tertiary/aromatic N) is 2. The Morgan fingerprint density at radius 2 is 2.29 bits per heavy atom. The van der Waals surface area contributed by atoms with E-state index in [2.05, 4.69) is 35.9 Å². The van der Waals surface area contributed by atoms with Gasteiger partial charge >= 0.3 is 0 Å². The lowest BCUT2D eigenvalue weighted by atomic mass is 9.96. The molecule has 14 heavy (non-hydrogen) atoms. The van der Waals surface area contributed by atoms with E-state index in [1.807, 2.05) is 0 Å². The molecule has 2 rings (SSSR count). The fourth-order valence-electron chi connectivity index (χ4n) is 2.51. The molecular weight excluding hydrogens is 174 g/mol. The molecule has 0 radical (unpaired) electrons. The van der Waals surface area contributed by atoms with E-state index in [9.17, 15) is 0 Å². The first kappa shape index (κ1) is 9.71. The van der Waals surface area contributed by atoms with Gasteiger partial charge < -0.3 is 5.32 Å². The van der Waals surface area contributed by atoms with E-state index < -0.39 is 0 Å². The summed E-state index contributed by atoms with van der Waals surface area (Å²) in [5.74, 6) is 0.690. The van der Waals surface area contributed by atoms with Gasteiger partial charge in [0.15, 0.2) is 0 Å². The summed E-state index contributed by atoms with van der Waals surface area (Å²) < 4.78 is 2.11. The van der Waals surface area contributed by atoms with E-state index in [4.69, 9.17) is 0 Å². The molecule has 1 aliphatic heterocycles. The molecule has 0 bridgehead atoms. The quantitative estimate of drug-likeness (QED) is 0.773. The van der Waals surface area contributed by atoms with Gasteiger partial charge in [-0.2, -0.15) is 5.10 Å². The molecule has 1 aliphatic rings. The van der Waals surface area contributed by atoms with Crippen molar-refractivity contribution in [1.29, 1.82) is 0 Å². The molecule has 1 aromatic rings. The number of hydrogen-bond acceptors (Lipinski definition) is 2. The molecule has 1 saturated heterocycles. The smallest absolute Gasteiger partial charge is 0.0631 e. The number of aromatic nitrogens is 2. The van der Waals surface area contributed by atoms with Gasteiger partial charge in [-0.15, -0.1) is 0 Å². The summed E-state index contributed by atoms with van der Waals surface area (Å²) in [5, 5.41) is 7.98. The zero-order valence-electron chi connectivity index (χ0n) is 9.30. The number of nitrogens with one attached hydrogen (secondary N) is 1. The second-order valence-corrected chi connectivity index (χ2v) is 4.09. The highest BCUT2D eigenvalue weighted by atomic mass is 15.3. The maximum atomic E-state index is 4.56. The van der Waals surface area contributed by atoms with Crippen LogP contribution >= 0.6 is 0 Å². The monoisotopic (exact) mass is 193 g/mol. The van der Waals surface area contributed by atoms with Crippen LogP contribution in [0.4, 0.5) is 0 Å². The van der Waals surface area contributed by atoms with Crippen molar-refractivity contribution in [2.75, 3.05) is 13.1 Å². The van der Waals surface area contributed by atoms with Crippen molar-refractivity contribution in [3.8, 4) is 0 Å². The van der Waals surface area contributed by atoms with E-state index in [-0.39, 0.29) is 0 Å². The third kappa shape index (κ3) is 1.46. The van der Waals surface area contributed by atoms with Crippen LogP contribution in [0.2, 0.25) is 0 Å². The fraction of sp³-hybridized carbons (Fsp3) is 0.727. The summed E-state index contributed by atoms with van der Waals surface area (Å²) in [6.07, 6.45) is 1.26. The Hall–Kier alpha value is -0.830. The van der Waals surface area contributed by atoms with Crippen molar-refractivity contribution < 1.29 is 0 Å². The molecule has 1 atom stereocenters. The van der Waals surface area contributed by atoms with Crippen molar-refractivity contribution in [3.05, 3.63) is 17.0 Å². The molecule has 0 amide bonds. The third-order valence-corrected chi connectivity index (χ3v) is 3.21. The van der Waals surface area contributed by atoms with Crippen LogP contribution in [-0.4, -0.2) is 22.9 Å². The normalized spacial score (nSPS) is 21.8. The largest absolute Gasteiger partial charge is 0.316 e. The van der Waals surface area contributed by atoms with Gasteiger partial charge in [0, 0.05) is 30.3 Å². The van der Waals surface area contributed by atoms with Gasteiger partial charge in [-0.05, 0) is 33.7 Å². The van der Waals surface area contributed by atoms with Crippen molar-refractivity contribution in [3.63, 3.8) is 0 Å². The van der Waals surface area contributed by atoms with Crippen LogP contribution in [0, 0.1) is 13.8 Å². The molecule has 2 heterocycles. The van der Waals surface area contributed by atoms with Crippen LogP contribution in [-0.2, 0) is 6.54 Å². The minimum absolute atomic E-state index is 0.690. The van der Waals surface area contributed by atoms with Gasteiger partial charge in [0.25, 0.3) is 0 Å². The highest BCUT2D eigenvalue weighted by Gasteiger charge is 2.23. The van der Waals surface area contributed by atoms with E-state index in [0.29, 0.717) is 5.92 Å². The number of rotatable bonds is 2. The summed E-state index contributed by atoms with van der Waals surface area (Å²) in [5.41, 5.74) is 4.06. The molecule has 0 spiro atoms. The SMILES string of the molecule is CCn1nc(C)c(C2CCNC2)c1C. The third-order valence-electron chi connectivity index (χ3n) is 3.21. The predicted molar refractivity (Wildman–Crippen MR) is 57.6 cm³/mol. The average Bonchev–Trinajstić information content (AvgIpc) is 2.74. The Morgan fingerprint density at radius 1 is 1.50 bits per heavy atom. The Balaban J connectivity index is 2.35. The van der Waals surface area contributed by atoms with Gasteiger partial charge in [-0.1, -0.05) is 0 Å². The van der Waals surface area contributed by atoms with E-state index in [1.165, 1.54) is 23.4 Å². The van der Waals surface area contributed by atoms with Crippen molar-refractivity contribution in [1.82, 2.24) is 15.1 Å². The van der Waals surface area contributed by atoms with Gasteiger partial charge in [0.1, 0.15) is 0 Å². The summed E-state index contributed by atoms with van der Waals surface area (Å²) in [6, 6.07) is 0. The minimum atomic E-state index is 0.690. The van der Waals surface area contributed by atoms with Crippen molar-refractivity contribution in [2.24, 2.45) is 0 Å². The highest BCUT2D eigenvalue weighted by molar-refractivity contribution is 5.29. The van der Waals surface area contributed by atoms with E-state index in [0.717, 1.165) is 19.6 Å². The zero-order chi connectivity index (χ0) is 10.1. The molecule has 78 valence electrons. The van der Waals surface area contributed by atoms with Gasteiger partial charge in [0.2, 0.25) is 0 Å². The highest BCUT2D eigenvalue weighted by Crippen LogP contribution is 2.27. The lowest BCUT2D eigenvalue weighted by Crippen LogP contribution is -2.09. The molecule has 3 nitrogen and oxygen atoms in total. The van der Waals surface area contributed by atoms with Crippen molar-refractivity contribution >= 4 is 0 Å². The summed E-state index contributed by atoms with van der Waals surface area (Å²) in [6.45, 7) is 9.73. The average molecular weight is 193 g/mol. The van der Waals surface area contributed by atoms with Crippen molar-refractivity contribution in [2.45, 2.75) is 39.7 Å². The number of aryl methyl sites for hydroxylation is 2. The molecular formula is C11H19N3. The molecule has 0 aromatic carbocycles. The topological polar surface area (TPSA) is 29.9 Å². The molecule has 1 unspecified atom stereocenters. The van der Waals surface area contributed by atoms with Crippen LogP contribution in [0.3, 0.4) is 0 Å². The van der Waals surface area contributed by atoms with Crippen LogP contribution < -0.4 is 5.32 Å². The van der Waals surface area contributed by atoms with Gasteiger partial charge in [0.05, 0.1) is 5.69 Å². The summed E-state index contributed by atoms with van der Waals surface area (Å²) >= 11 is 0. The van der Waals surface area contributed by atoms with Gasteiger partial charge in [-0.25, -0.2) is 0 Å². The second kappa shape index (κ2) is 3.73. The second-order valence-electron chi connectivity index (χ2n) is 4.09. The lowest BCUT2D eigenvalue weighted by Gasteiger charge is -2.09. The predicted octanol–water partition coefficient (Wildman–Crippen LogP) is 1.60. The van der Waals surface area contributed by atoms with Crippen LogP contribution in [0.15, 0.2) is 0 Å². The van der Waals surface area contributed by atoms with Crippen LogP contribution in [0.5, 0.6) is 0 Å². The van der Waals surface area contributed by atoms with E-state index in [1.54, 1.807) is 0 Å². The molecule has 0 aliphatic carbocycles. The fourth-order valence-corrected chi connectivity index (χ4v) is 2.51. The molecule has 1 aromatic heterocycles. The van der Waals surface area contributed by atoms with Gasteiger partial charge in [-0.3, -0.25) is 4.68 Å². The Labute approximate surface area is 85.5 Å². The Bertz CT molecular complexity index is 322. The summed E-state index contributed by atoms with van der Waals surface area (Å²) in [7, 11) is 0. The Kier molecular flexibility index (Phi) is 2.59. The Morgan fingerprint density at radius 3 is 2.79 bits per heavy atom. The molecule has 0 saturated carbocycles. The first-order chi connectivity index (χ1) is 6.74. The van der Waals surface area contributed by atoms with Crippen LogP contribution in [0.1, 0.15) is 36.2 Å². The zero-order valence-corrected chi connectivity index (χ0v) is 9.30. The molecule has 1 N–H and O–H groups in total. The van der Waals surface area contributed by atoms with E-state index >= 15 is 0 Å². The summed E-state index contributed by atoms with van der Waals surface area (Å²) in [4.78, 5) is 0.